The molecule has 0 atom stereocenters. The summed E-state index contributed by atoms with van der Waals surface area (Å²) < 4.78 is 10.3. The molecule has 6 heteroatoms. The zero-order chi connectivity index (χ0) is 19.2. The van der Waals surface area contributed by atoms with Crippen LogP contribution in [0.5, 0.6) is 5.75 Å². The van der Waals surface area contributed by atoms with Crippen molar-refractivity contribution in [2.75, 3.05) is 6.61 Å². The number of nitrogens with one attached hydrogen (secondary N) is 1. The maximum atomic E-state index is 11.7. The summed E-state index contributed by atoms with van der Waals surface area (Å²) in [4.78, 5) is 22.2. The molecule has 2 aromatic rings. The van der Waals surface area contributed by atoms with E-state index in [9.17, 15) is 9.59 Å². The van der Waals surface area contributed by atoms with E-state index < -0.39 is 17.7 Å². The molecule has 2 aromatic carbocycles. The third kappa shape index (κ3) is 6.47. The Balaban J connectivity index is 1.92. The lowest BCUT2D eigenvalue weighted by atomic mass is 10.0. The normalized spacial score (nSPS) is 10.9. The minimum Gasteiger partial charge on any atom is -0.482 e. The van der Waals surface area contributed by atoms with Gasteiger partial charge in [-0.25, -0.2) is 9.59 Å². The first kappa shape index (κ1) is 19.3. The van der Waals surface area contributed by atoms with Crippen molar-refractivity contribution >= 4 is 12.1 Å². The van der Waals surface area contributed by atoms with E-state index in [-0.39, 0.29) is 6.61 Å². The number of amides is 1. The largest absolute Gasteiger partial charge is 0.482 e. The molecule has 0 saturated heterocycles. The maximum absolute atomic E-state index is 11.7. The van der Waals surface area contributed by atoms with Crippen molar-refractivity contribution in [3.63, 3.8) is 0 Å². The van der Waals surface area contributed by atoms with Gasteiger partial charge in [0, 0.05) is 6.54 Å². The summed E-state index contributed by atoms with van der Waals surface area (Å²) in [5.41, 5.74) is 2.44. The van der Waals surface area contributed by atoms with Gasteiger partial charge >= 0.3 is 12.1 Å². The number of hydrogen-bond acceptors (Lipinski definition) is 4. The van der Waals surface area contributed by atoms with Gasteiger partial charge in [0.15, 0.2) is 6.61 Å². The van der Waals surface area contributed by atoms with Crippen molar-refractivity contribution in [2.45, 2.75) is 32.9 Å². The molecule has 1 amide bonds. The van der Waals surface area contributed by atoms with Crippen molar-refractivity contribution in [3.05, 3.63) is 54.1 Å². The number of hydrogen-bond donors (Lipinski definition) is 2. The second-order valence-electron chi connectivity index (χ2n) is 6.76. The van der Waals surface area contributed by atoms with Crippen LogP contribution in [0.25, 0.3) is 11.1 Å². The number of alkyl carbamates (subject to hydrolysis) is 1. The zero-order valence-electron chi connectivity index (χ0n) is 15.1. The summed E-state index contributed by atoms with van der Waals surface area (Å²) in [5, 5.41) is 11.3. The van der Waals surface area contributed by atoms with Crippen LogP contribution in [0.4, 0.5) is 4.79 Å². The van der Waals surface area contributed by atoms with E-state index in [1.54, 1.807) is 12.1 Å². The number of aliphatic carboxylic acids is 1. The summed E-state index contributed by atoms with van der Waals surface area (Å²) in [5.74, 6) is -0.501. The number of rotatable bonds is 6. The van der Waals surface area contributed by atoms with Crippen LogP contribution in [0.2, 0.25) is 0 Å². The number of ether oxygens (including phenoxy) is 2. The highest BCUT2D eigenvalue weighted by molar-refractivity contribution is 5.69. The Kier molecular flexibility index (Phi) is 6.22. The van der Waals surface area contributed by atoms with Crippen LogP contribution in [0.3, 0.4) is 0 Å². The number of carbonyl (C=O) groups is 2. The molecule has 2 N–H and O–H groups in total. The second kappa shape index (κ2) is 8.38. The minimum absolute atomic E-state index is 0.362. The van der Waals surface area contributed by atoms with E-state index in [1.165, 1.54) is 0 Å². The Morgan fingerprint density at radius 3 is 2.00 bits per heavy atom. The Morgan fingerprint density at radius 1 is 0.962 bits per heavy atom. The molecule has 138 valence electrons. The first-order valence-corrected chi connectivity index (χ1v) is 8.24. The molecule has 0 aliphatic heterocycles. The molecule has 0 aliphatic carbocycles. The van der Waals surface area contributed by atoms with Crippen molar-refractivity contribution in [1.29, 1.82) is 0 Å². The predicted octanol–water partition coefficient (Wildman–Crippen LogP) is 3.84. The lowest BCUT2D eigenvalue weighted by molar-refractivity contribution is -0.139. The van der Waals surface area contributed by atoms with Crippen molar-refractivity contribution in [2.24, 2.45) is 0 Å². The molecule has 0 aromatic heterocycles. The van der Waals surface area contributed by atoms with E-state index in [0.29, 0.717) is 12.3 Å². The standard InChI is InChI=1S/C20H23NO5/c1-20(2,3)26-19(24)21-12-14-4-6-15(7-5-14)16-8-10-17(11-9-16)25-13-18(22)23/h4-11H,12-13H2,1-3H3,(H,21,24)(H,22,23). The van der Waals surface area contributed by atoms with Crippen molar-refractivity contribution in [3.8, 4) is 16.9 Å². The Morgan fingerprint density at radius 2 is 1.50 bits per heavy atom. The molecule has 6 nitrogen and oxygen atoms in total. The molecular weight excluding hydrogens is 334 g/mol. The fourth-order valence-electron chi connectivity index (χ4n) is 2.19. The number of carboxylic acids is 1. The third-order valence-electron chi connectivity index (χ3n) is 3.34. The highest BCUT2D eigenvalue weighted by Gasteiger charge is 2.15. The van der Waals surface area contributed by atoms with E-state index in [0.717, 1.165) is 16.7 Å². The van der Waals surface area contributed by atoms with Crippen LogP contribution < -0.4 is 10.1 Å². The van der Waals surface area contributed by atoms with Gasteiger partial charge in [0.05, 0.1) is 0 Å². The second-order valence-corrected chi connectivity index (χ2v) is 6.76. The van der Waals surface area contributed by atoms with Gasteiger partial charge in [-0.1, -0.05) is 36.4 Å². The molecule has 0 saturated carbocycles. The van der Waals surface area contributed by atoms with Crippen molar-refractivity contribution in [1.82, 2.24) is 5.32 Å². The smallest absolute Gasteiger partial charge is 0.407 e. The quantitative estimate of drug-likeness (QED) is 0.820. The molecule has 0 bridgehead atoms. The summed E-state index contributed by atoms with van der Waals surface area (Å²) in [6, 6.07) is 15.0. The molecule has 0 radical (unpaired) electrons. The van der Waals surface area contributed by atoms with Gasteiger partial charge in [0.25, 0.3) is 0 Å². The van der Waals surface area contributed by atoms with Crippen LogP contribution in [0.1, 0.15) is 26.3 Å². The average Bonchev–Trinajstić information content (AvgIpc) is 2.58. The molecule has 0 heterocycles. The molecule has 0 spiro atoms. The summed E-state index contributed by atoms with van der Waals surface area (Å²) >= 11 is 0. The monoisotopic (exact) mass is 357 g/mol. The van der Waals surface area contributed by atoms with E-state index in [2.05, 4.69) is 5.32 Å². The van der Waals surface area contributed by atoms with Gasteiger partial charge in [-0.15, -0.1) is 0 Å². The lowest BCUT2D eigenvalue weighted by Gasteiger charge is -2.19. The highest BCUT2D eigenvalue weighted by Crippen LogP contribution is 2.23. The van der Waals surface area contributed by atoms with Gasteiger partial charge in [0.1, 0.15) is 11.4 Å². The van der Waals surface area contributed by atoms with Gasteiger partial charge < -0.3 is 19.9 Å². The van der Waals surface area contributed by atoms with E-state index in [1.807, 2.05) is 57.2 Å². The molecule has 0 fully saturated rings. The van der Waals surface area contributed by atoms with Crippen LogP contribution in [0.15, 0.2) is 48.5 Å². The fraction of sp³-hybridized carbons (Fsp3) is 0.300. The Bertz CT molecular complexity index is 745. The predicted molar refractivity (Wildman–Crippen MR) is 98.1 cm³/mol. The van der Waals surface area contributed by atoms with Crippen LogP contribution in [0, 0.1) is 0 Å². The van der Waals surface area contributed by atoms with Gasteiger partial charge in [-0.05, 0) is 49.6 Å². The van der Waals surface area contributed by atoms with Crippen LogP contribution in [-0.2, 0) is 16.1 Å². The molecule has 0 aliphatic rings. The van der Waals surface area contributed by atoms with Gasteiger partial charge in [-0.2, -0.15) is 0 Å². The average molecular weight is 357 g/mol. The third-order valence-corrected chi connectivity index (χ3v) is 3.34. The molecular formula is C20H23NO5. The Hall–Kier alpha value is -3.02. The van der Waals surface area contributed by atoms with Crippen molar-refractivity contribution < 1.29 is 24.2 Å². The SMILES string of the molecule is CC(C)(C)OC(=O)NCc1ccc(-c2ccc(OCC(=O)O)cc2)cc1. The first-order valence-electron chi connectivity index (χ1n) is 8.24. The topological polar surface area (TPSA) is 84.9 Å². The van der Waals surface area contributed by atoms with E-state index in [4.69, 9.17) is 14.6 Å². The lowest BCUT2D eigenvalue weighted by Crippen LogP contribution is -2.32. The number of carboxylic acid groups (broad SMARTS) is 1. The molecule has 0 unspecified atom stereocenters. The zero-order valence-corrected chi connectivity index (χ0v) is 15.1. The van der Waals surface area contributed by atoms with Gasteiger partial charge in [0.2, 0.25) is 0 Å². The summed E-state index contributed by atoms with van der Waals surface area (Å²) in [6.45, 7) is 5.48. The summed E-state index contributed by atoms with van der Waals surface area (Å²) in [7, 11) is 0. The van der Waals surface area contributed by atoms with Crippen LogP contribution in [-0.4, -0.2) is 29.4 Å². The van der Waals surface area contributed by atoms with E-state index >= 15 is 0 Å². The van der Waals surface area contributed by atoms with Gasteiger partial charge in [-0.3, -0.25) is 0 Å². The highest BCUT2D eigenvalue weighted by atomic mass is 16.6. The van der Waals surface area contributed by atoms with Crippen LogP contribution >= 0.6 is 0 Å². The molecule has 2 rings (SSSR count). The molecule has 26 heavy (non-hydrogen) atoms. The minimum atomic E-state index is -1.01. The maximum Gasteiger partial charge on any atom is 0.407 e. The number of carbonyl (C=O) groups excluding carboxylic acids is 1. The summed E-state index contributed by atoms with van der Waals surface area (Å²) in [6.07, 6.45) is -0.446. The number of benzene rings is 2. The first-order chi connectivity index (χ1) is 12.2. The fourth-order valence-corrected chi connectivity index (χ4v) is 2.19. The Labute approximate surface area is 152 Å².